The van der Waals surface area contributed by atoms with Crippen molar-refractivity contribution < 1.29 is 0 Å². The average molecular weight is 274 g/mol. The first-order valence-electron chi connectivity index (χ1n) is 8.17. The number of rotatable bonds is 6. The monoisotopic (exact) mass is 274 g/mol. The number of nitrogens with one attached hydrogen (secondary N) is 1. The topological polar surface area (TPSA) is 15.3 Å². The van der Waals surface area contributed by atoms with E-state index in [-0.39, 0.29) is 0 Å². The summed E-state index contributed by atoms with van der Waals surface area (Å²) in [5.74, 6) is 0. The van der Waals surface area contributed by atoms with Crippen molar-refractivity contribution in [1.29, 1.82) is 0 Å². The Bertz CT molecular complexity index is 408. The molecule has 0 saturated carbocycles. The fraction of sp³-hybridized carbons (Fsp3) is 0.667. The summed E-state index contributed by atoms with van der Waals surface area (Å²) in [7, 11) is 0. The highest BCUT2D eigenvalue weighted by Crippen LogP contribution is 2.11. The molecule has 1 unspecified atom stereocenters. The minimum Gasteiger partial charge on any atom is -0.313 e. The molecule has 0 aromatic heterocycles. The summed E-state index contributed by atoms with van der Waals surface area (Å²) in [6, 6.07) is 7.42. The normalized spacial score (nSPS) is 18.1. The van der Waals surface area contributed by atoms with Crippen LogP contribution < -0.4 is 5.32 Å². The van der Waals surface area contributed by atoms with Crippen LogP contribution in [0, 0.1) is 13.8 Å². The number of hydrogen-bond donors (Lipinski definition) is 1. The van der Waals surface area contributed by atoms with Crippen molar-refractivity contribution in [1.82, 2.24) is 10.2 Å². The molecule has 2 heteroatoms. The fourth-order valence-electron chi connectivity index (χ4n) is 3.02. The van der Waals surface area contributed by atoms with E-state index in [1.54, 1.807) is 0 Å². The zero-order valence-electron chi connectivity index (χ0n) is 13.4. The minimum atomic E-state index is 0.597. The first-order chi connectivity index (χ1) is 9.65. The van der Waals surface area contributed by atoms with Crippen LogP contribution in [0.5, 0.6) is 0 Å². The summed E-state index contributed by atoms with van der Waals surface area (Å²) < 4.78 is 0. The van der Waals surface area contributed by atoms with E-state index in [1.165, 1.54) is 55.6 Å². The van der Waals surface area contributed by atoms with Crippen LogP contribution in [0.4, 0.5) is 0 Å². The molecule has 0 spiro atoms. The maximum absolute atomic E-state index is 3.67. The second kappa shape index (κ2) is 7.80. The van der Waals surface area contributed by atoms with E-state index in [0.717, 1.165) is 13.0 Å². The summed E-state index contributed by atoms with van der Waals surface area (Å²) in [6.07, 6.45) is 5.32. The van der Waals surface area contributed by atoms with E-state index < -0.39 is 0 Å². The molecule has 20 heavy (non-hydrogen) atoms. The zero-order chi connectivity index (χ0) is 14.4. The fourth-order valence-corrected chi connectivity index (χ4v) is 3.02. The smallest absolute Gasteiger partial charge is 0.0166 e. The number of aryl methyl sites for hydroxylation is 2. The van der Waals surface area contributed by atoms with Gasteiger partial charge in [0, 0.05) is 12.6 Å². The third kappa shape index (κ3) is 4.92. The first kappa shape index (κ1) is 15.5. The predicted molar refractivity (Wildman–Crippen MR) is 87.4 cm³/mol. The third-order valence-electron chi connectivity index (χ3n) is 4.46. The Labute approximate surface area is 124 Å². The molecule has 1 N–H and O–H groups in total. The lowest BCUT2D eigenvalue weighted by atomic mass is 10.0. The van der Waals surface area contributed by atoms with Gasteiger partial charge in [0.1, 0.15) is 0 Å². The molecule has 1 heterocycles. The largest absolute Gasteiger partial charge is 0.313 e. The molecule has 1 aromatic carbocycles. The van der Waals surface area contributed by atoms with E-state index in [1.807, 2.05) is 0 Å². The highest BCUT2D eigenvalue weighted by molar-refractivity contribution is 5.30. The van der Waals surface area contributed by atoms with Crippen LogP contribution in [0.2, 0.25) is 0 Å². The molecule has 0 amide bonds. The Kier molecular flexibility index (Phi) is 6.06. The van der Waals surface area contributed by atoms with Crippen molar-refractivity contribution in [2.75, 3.05) is 26.2 Å². The minimum absolute atomic E-state index is 0.597. The molecule has 1 atom stereocenters. The quantitative estimate of drug-likeness (QED) is 0.856. The van der Waals surface area contributed by atoms with Crippen LogP contribution in [0.1, 0.15) is 42.9 Å². The highest BCUT2D eigenvalue weighted by atomic mass is 15.1. The van der Waals surface area contributed by atoms with E-state index in [9.17, 15) is 0 Å². The lowest BCUT2D eigenvalue weighted by Crippen LogP contribution is -2.42. The molecular formula is C18H30N2. The lowest BCUT2D eigenvalue weighted by molar-refractivity contribution is 0.209. The van der Waals surface area contributed by atoms with Crippen LogP contribution in [0.25, 0.3) is 0 Å². The van der Waals surface area contributed by atoms with Crippen molar-refractivity contribution in [3.63, 3.8) is 0 Å². The van der Waals surface area contributed by atoms with Gasteiger partial charge in [0.15, 0.2) is 0 Å². The second-order valence-electron chi connectivity index (χ2n) is 6.39. The molecule has 0 aliphatic carbocycles. The van der Waals surface area contributed by atoms with Crippen molar-refractivity contribution in [3.05, 3.63) is 34.9 Å². The molecule has 2 rings (SSSR count). The van der Waals surface area contributed by atoms with E-state index in [4.69, 9.17) is 0 Å². The van der Waals surface area contributed by atoms with Crippen LogP contribution in [0.3, 0.4) is 0 Å². The van der Waals surface area contributed by atoms with Gasteiger partial charge in [-0.1, -0.05) is 24.6 Å². The van der Waals surface area contributed by atoms with Crippen LogP contribution in [0.15, 0.2) is 18.2 Å². The van der Waals surface area contributed by atoms with E-state index in [2.05, 4.69) is 49.2 Å². The van der Waals surface area contributed by atoms with E-state index >= 15 is 0 Å². The van der Waals surface area contributed by atoms with E-state index in [0.29, 0.717) is 6.04 Å². The molecule has 112 valence electrons. The molecule has 0 bridgehead atoms. The maximum Gasteiger partial charge on any atom is 0.0166 e. The van der Waals surface area contributed by atoms with Crippen LogP contribution in [-0.4, -0.2) is 37.1 Å². The number of benzene rings is 1. The summed E-state index contributed by atoms with van der Waals surface area (Å²) in [5.41, 5.74) is 4.25. The molecule has 1 aliphatic rings. The summed E-state index contributed by atoms with van der Waals surface area (Å²) >= 11 is 0. The van der Waals surface area contributed by atoms with Gasteiger partial charge in [-0.3, -0.25) is 0 Å². The predicted octanol–water partition coefficient (Wildman–Crippen LogP) is 3.31. The number of piperidine rings is 1. The first-order valence-corrected chi connectivity index (χ1v) is 8.17. The molecule has 0 radical (unpaired) electrons. The molecule has 1 aromatic rings. The Hall–Kier alpha value is -0.860. The van der Waals surface area contributed by atoms with Crippen LogP contribution >= 0.6 is 0 Å². The Morgan fingerprint density at radius 2 is 1.85 bits per heavy atom. The molecule has 1 saturated heterocycles. The van der Waals surface area contributed by atoms with Crippen molar-refractivity contribution in [2.24, 2.45) is 0 Å². The van der Waals surface area contributed by atoms with Gasteiger partial charge in [-0.2, -0.15) is 0 Å². The third-order valence-corrected chi connectivity index (χ3v) is 4.46. The van der Waals surface area contributed by atoms with Gasteiger partial charge in [0.25, 0.3) is 0 Å². The number of nitrogens with zero attached hydrogens (tertiary/aromatic N) is 1. The van der Waals surface area contributed by atoms with Gasteiger partial charge in [-0.15, -0.1) is 0 Å². The second-order valence-corrected chi connectivity index (χ2v) is 6.39. The van der Waals surface area contributed by atoms with Gasteiger partial charge >= 0.3 is 0 Å². The van der Waals surface area contributed by atoms with Crippen molar-refractivity contribution in [3.8, 4) is 0 Å². The Balaban J connectivity index is 1.67. The summed E-state index contributed by atoms with van der Waals surface area (Å²) in [5, 5.41) is 3.67. The van der Waals surface area contributed by atoms with Gasteiger partial charge < -0.3 is 10.2 Å². The standard InChI is InChI=1S/C18H30N2/c1-15-7-8-18(13-16(15)2)9-10-19-17(3)14-20-11-5-4-6-12-20/h7-8,13,17,19H,4-6,9-12,14H2,1-3H3. The average Bonchev–Trinajstić information content (AvgIpc) is 2.44. The van der Waals surface area contributed by atoms with Gasteiger partial charge in [0.2, 0.25) is 0 Å². The molecular weight excluding hydrogens is 244 g/mol. The molecule has 1 aliphatic heterocycles. The Morgan fingerprint density at radius 3 is 2.55 bits per heavy atom. The van der Waals surface area contributed by atoms with Crippen molar-refractivity contribution >= 4 is 0 Å². The maximum atomic E-state index is 3.67. The summed E-state index contributed by atoms with van der Waals surface area (Å²) in [4.78, 5) is 2.61. The Morgan fingerprint density at radius 1 is 1.10 bits per heavy atom. The summed E-state index contributed by atoms with van der Waals surface area (Å²) in [6.45, 7) is 11.6. The van der Waals surface area contributed by atoms with Crippen molar-refractivity contribution in [2.45, 2.75) is 52.5 Å². The van der Waals surface area contributed by atoms with Gasteiger partial charge in [-0.25, -0.2) is 0 Å². The SMILES string of the molecule is Cc1ccc(CCNC(C)CN2CCCCC2)cc1C. The van der Waals surface area contributed by atoms with Gasteiger partial charge in [0.05, 0.1) is 0 Å². The molecule has 2 nitrogen and oxygen atoms in total. The highest BCUT2D eigenvalue weighted by Gasteiger charge is 2.12. The zero-order valence-corrected chi connectivity index (χ0v) is 13.4. The number of hydrogen-bond acceptors (Lipinski definition) is 2. The van der Waals surface area contributed by atoms with Gasteiger partial charge in [-0.05, 0) is 76.4 Å². The molecule has 1 fully saturated rings. The van der Waals surface area contributed by atoms with Crippen LogP contribution in [-0.2, 0) is 6.42 Å². The lowest BCUT2D eigenvalue weighted by Gasteiger charge is -2.29. The number of likely N-dealkylation sites (tertiary alicyclic amines) is 1.